The van der Waals surface area contributed by atoms with E-state index in [2.05, 4.69) is 4.40 Å². The fraction of sp³-hybridized carbons (Fsp3) is 0.0455. The average molecular weight is 361 g/mol. The van der Waals surface area contributed by atoms with Crippen LogP contribution in [0.5, 0.6) is 0 Å². The third kappa shape index (κ3) is 5.53. The average Bonchev–Trinajstić information content (AvgIpc) is 2.72. The lowest BCUT2D eigenvalue weighted by Gasteiger charge is -2.12. The molecule has 0 saturated heterocycles. The van der Waals surface area contributed by atoms with Crippen LogP contribution in [0, 0.1) is 0 Å². The Morgan fingerprint density at radius 2 is 1.42 bits per heavy atom. The number of hydrogen-bond acceptors (Lipinski definition) is 3. The normalized spacial score (nSPS) is 12.8. The first-order valence-electron chi connectivity index (χ1n) is 8.25. The van der Waals surface area contributed by atoms with Crippen LogP contribution in [-0.4, -0.2) is 6.08 Å². The Morgan fingerprint density at radius 1 is 0.846 bits per heavy atom. The topological polar surface area (TPSA) is 44.7 Å². The molecule has 0 spiro atoms. The van der Waals surface area contributed by atoms with Crippen molar-refractivity contribution in [3.63, 3.8) is 0 Å². The largest absolute Gasteiger partial charge is 0.592 e. The summed E-state index contributed by atoms with van der Waals surface area (Å²) < 4.78 is 9.56. The molecule has 0 radical (unpaired) electrons. The van der Waals surface area contributed by atoms with Gasteiger partial charge < -0.3 is 9.84 Å². The summed E-state index contributed by atoms with van der Waals surface area (Å²) in [6.45, 7) is 0.220. The summed E-state index contributed by atoms with van der Waals surface area (Å²) in [5.41, 5.74) is 2.00. The van der Waals surface area contributed by atoms with Gasteiger partial charge in [-0.3, -0.25) is 0 Å². The maximum atomic E-state index is 12.2. The first-order valence-corrected chi connectivity index (χ1v) is 9.50. The van der Waals surface area contributed by atoms with E-state index in [1.165, 1.54) is 0 Å². The van der Waals surface area contributed by atoms with Gasteiger partial charge in [-0.2, -0.15) is 0 Å². The van der Waals surface area contributed by atoms with Gasteiger partial charge in [-0.25, -0.2) is 0 Å². The molecule has 0 aliphatic carbocycles. The first kappa shape index (κ1) is 17.8. The van der Waals surface area contributed by atoms with E-state index in [1.54, 1.807) is 0 Å². The number of nitrogens with zero attached hydrogens (tertiary/aromatic N) is 1. The summed E-state index contributed by atoms with van der Waals surface area (Å²) in [6, 6.07) is 29.3. The molecular formula is C22H19NO2S. The molecule has 130 valence electrons. The monoisotopic (exact) mass is 361 g/mol. The van der Waals surface area contributed by atoms with Crippen molar-refractivity contribution in [3.8, 4) is 0 Å². The number of benzene rings is 3. The van der Waals surface area contributed by atoms with Crippen LogP contribution in [0.3, 0.4) is 0 Å². The maximum absolute atomic E-state index is 12.2. The molecule has 0 aromatic heterocycles. The predicted octanol–water partition coefficient (Wildman–Crippen LogP) is 4.18. The van der Waals surface area contributed by atoms with Crippen LogP contribution in [0.4, 0.5) is 0 Å². The fourth-order valence-corrected chi connectivity index (χ4v) is 3.51. The molecule has 26 heavy (non-hydrogen) atoms. The highest BCUT2D eigenvalue weighted by Gasteiger charge is 2.18. The van der Waals surface area contributed by atoms with Crippen molar-refractivity contribution in [2.75, 3.05) is 0 Å². The van der Waals surface area contributed by atoms with Gasteiger partial charge in [0.1, 0.15) is 0 Å². The Morgan fingerprint density at radius 3 is 2.08 bits per heavy atom. The fourth-order valence-electron chi connectivity index (χ4n) is 2.25. The van der Waals surface area contributed by atoms with Crippen molar-refractivity contribution in [1.29, 1.82) is 0 Å². The van der Waals surface area contributed by atoms with Crippen LogP contribution in [0.1, 0.15) is 11.1 Å². The van der Waals surface area contributed by atoms with Crippen molar-refractivity contribution >= 4 is 23.2 Å². The molecule has 0 N–H and O–H groups in total. The van der Waals surface area contributed by atoms with E-state index < -0.39 is 17.2 Å². The minimum atomic E-state index is -0.706. The number of rotatable bonds is 6. The minimum absolute atomic E-state index is 0.220. The lowest BCUT2D eigenvalue weighted by atomic mass is 10.2. The van der Waals surface area contributed by atoms with E-state index in [4.69, 9.17) is 4.74 Å². The van der Waals surface area contributed by atoms with Crippen LogP contribution >= 0.6 is 0 Å². The molecule has 0 aliphatic heterocycles. The van der Waals surface area contributed by atoms with Crippen molar-refractivity contribution in [1.82, 2.24) is 0 Å². The molecule has 0 aliphatic rings. The zero-order valence-corrected chi connectivity index (χ0v) is 15.0. The van der Waals surface area contributed by atoms with E-state index in [1.807, 2.05) is 102 Å². The quantitative estimate of drug-likeness (QED) is 0.375. The summed E-state index contributed by atoms with van der Waals surface area (Å²) in [5.74, 6) is 0. The Balaban J connectivity index is 1.75. The Labute approximate surface area is 156 Å². The Kier molecular flexibility index (Phi) is 6.51. The molecule has 0 amide bonds. The lowest BCUT2D eigenvalue weighted by Crippen LogP contribution is -2.22. The van der Waals surface area contributed by atoms with Gasteiger partial charge in [0.15, 0.2) is 21.4 Å². The number of hydrogen-bond donors (Lipinski definition) is 0. The van der Waals surface area contributed by atoms with E-state index >= 15 is 0 Å². The molecule has 3 aromatic carbocycles. The van der Waals surface area contributed by atoms with Crippen LogP contribution in [0.15, 0.2) is 106 Å². The highest BCUT2D eigenvalue weighted by Crippen LogP contribution is 2.18. The van der Waals surface area contributed by atoms with E-state index in [0.29, 0.717) is 0 Å². The van der Waals surface area contributed by atoms with Gasteiger partial charge in [-0.1, -0.05) is 78.9 Å². The minimum Gasteiger partial charge on any atom is -0.592 e. The van der Waals surface area contributed by atoms with Crippen molar-refractivity contribution < 1.29 is 9.84 Å². The SMILES string of the molecule is [O-]/C(=N\[S+](/C=C/c1ccccc1)c1ccccc1)OCc1ccccc1. The van der Waals surface area contributed by atoms with Crippen molar-refractivity contribution in [2.24, 2.45) is 4.40 Å². The second kappa shape index (κ2) is 9.49. The van der Waals surface area contributed by atoms with Gasteiger partial charge in [0.05, 0.1) is 0 Å². The van der Waals surface area contributed by atoms with Gasteiger partial charge in [0.2, 0.25) is 6.08 Å². The van der Waals surface area contributed by atoms with Gasteiger partial charge in [-0.15, -0.1) is 0 Å². The molecular weight excluding hydrogens is 342 g/mol. The third-order valence-electron chi connectivity index (χ3n) is 3.55. The van der Waals surface area contributed by atoms with Crippen LogP contribution in [0.2, 0.25) is 0 Å². The van der Waals surface area contributed by atoms with Crippen LogP contribution in [-0.2, 0) is 22.4 Å². The highest BCUT2D eigenvalue weighted by atomic mass is 32.2. The molecule has 3 aromatic rings. The second-order valence-corrected chi connectivity index (χ2v) is 7.03. The summed E-state index contributed by atoms with van der Waals surface area (Å²) in [7, 11) is 0. The summed E-state index contributed by atoms with van der Waals surface area (Å²) in [6.07, 6.45) is 1.42. The molecule has 3 rings (SSSR count). The van der Waals surface area contributed by atoms with Crippen molar-refractivity contribution in [2.45, 2.75) is 11.5 Å². The van der Waals surface area contributed by atoms with Crippen LogP contribution < -0.4 is 5.11 Å². The number of ether oxygens (including phenoxy) is 1. The lowest BCUT2D eigenvalue weighted by molar-refractivity contribution is -0.251. The Bertz CT molecular complexity index is 849. The molecule has 1 unspecified atom stereocenters. The Hall–Kier alpha value is -2.98. The van der Waals surface area contributed by atoms with Crippen LogP contribution in [0.25, 0.3) is 6.08 Å². The first-order chi connectivity index (χ1) is 12.8. The molecule has 0 saturated carbocycles. The summed E-state index contributed by atoms with van der Waals surface area (Å²) in [4.78, 5) is 0.969. The zero-order chi connectivity index (χ0) is 18.0. The smallest absolute Gasteiger partial charge is 0.205 e. The molecule has 3 nitrogen and oxygen atoms in total. The highest BCUT2D eigenvalue weighted by molar-refractivity contribution is 7.98. The molecule has 0 fully saturated rings. The second-order valence-electron chi connectivity index (χ2n) is 5.47. The van der Waals surface area contributed by atoms with E-state index in [9.17, 15) is 5.11 Å². The van der Waals surface area contributed by atoms with Gasteiger partial charge in [0, 0.05) is 6.61 Å². The predicted molar refractivity (Wildman–Crippen MR) is 106 cm³/mol. The zero-order valence-electron chi connectivity index (χ0n) is 14.2. The maximum Gasteiger partial charge on any atom is 0.205 e. The summed E-state index contributed by atoms with van der Waals surface area (Å²) >= 11 is -0.706. The summed E-state index contributed by atoms with van der Waals surface area (Å²) in [5, 5.41) is 14.1. The van der Waals surface area contributed by atoms with E-state index in [0.717, 1.165) is 16.0 Å². The van der Waals surface area contributed by atoms with E-state index in [-0.39, 0.29) is 6.61 Å². The molecule has 4 heteroatoms. The molecule has 1 atom stereocenters. The van der Waals surface area contributed by atoms with Gasteiger partial charge in [-0.05, 0) is 33.7 Å². The standard InChI is InChI=1S/C22H19NO2S/c24-22(25-18-20-12-6-2-7-13-20)23-26(21-14-8-3-9-15-21)17-16-19-10-4-1-5-11-19/h1-17H,18H2/b17-16+. The van der Waals surface area contributed by atoms with Crippen molar-refractivity contribution in [3.05, 3.63) is 108 Å². The van der Waals surface area contributed by atoms with Gasteiger partial charge in [0.25, 0.3) is 0 Å². The molecule has 0 heterocycles. The van der Waals surface area contributed by atoms with Gasteiger partial charge >= 0.3 is 0 Å². The third-order valence-corrected chi connectivity index (χ3v) is 5.05. The molecule has 0 bridgehead atoms.